The van der Waals surface area contributed by atoms with E-state index < -0.39 is 0 Å². The van der Waals surface area contributed by atoms with Crippen LogP contribution in [0.25, 0.3) is 0 Å². The molecule has 0 radical (unpaired) electrons. The van der Waals surface area contributed by atoms with Gasteiger partial charge in [0.05, 0.1) is 0 Å². The normalized spacial score (nSPS) is 33.9. The molecular formula is C22H37N3S. The van der Waals surface area contributed by atoms with Gasteiger partial charge in [0.2, 0.25) is 5.16 Å². The highest BCUT2D eigenvalue weighted by Gasteiger charge is 2.53. The highest BCUT2D eigenvalue weighted by Crippen LogP contribution is 2.60. The highest BCUT2D eigenvalue weighted by molar-refractivity contribution is 7.99. The first-order chi connectivity index (χ1) is 12.5. The van der Waals surface area contributed by atoms with Crippen LogP contribution in [0.3, 0.4) is 0 Å². The lowest BCUT2D eigenvalue weighted by Gasteiger charge is -2.55. The molecule has 1 aromatic rings. The molecule has 4 aliphatic carbocycles. The first kappa shape index (κ1) is 18.8. The molecule has 1 aromatic heterocycles. The van der Waals surface area contributed by atoms with Crippen molar-refractivity contribution in [1.29, 1.82) is 0 Å². The minimum absolute atomic E-state index is 0.352. The van der Waals surface area contributed by atoms with Gasteiger partial charge in [0.1, 0.15) is 5.82 Å². The molecule has 26 heavy (non-hydrogen) atoms. The van der Waals surface area contributed by atoms with E-state index >= 15 is 0 Å². The summed E-state index contributed by atoms with van der Waals surface area (Å²) in [6, 6.07) is 0. The fourth-order valence-corrected chi connectivity index (χ4v) is 7.29. The molecule has 4 saturated carbocycles. The van der Waals surface area contributed by atoms with Gasteiger partial charge in [0.25, 0.3) is 0 Å². The number of thioether (sulfide) groups is 1. The molecule has 0 aliphatic heterocycles. The van der Waals surface area contributed by atoms with Crippen molar-refractivity contribution in [2.75, 3.05) is 5.75 Å². The van der Waals surface area contributed by atoms with Crippen molar-refractivity contribution in [2.24, 2.45) is 29.6 Å². The minimum atomic E-state index is 0.352. The molecular weight excluding hydrogens is 338 g/mol. The largest absolute Gasteiger partial charge is 0.262 e. The van der Waals surface area contributed by atoms with Gasteiger partial charge in [-0.3, -0.25) is 5.10 Å². The maximum atomic E-state index is 4.98. The lowest BCUT2D eigenvalue weighted by atomic mass is 9.49. The predicted molar refractivity (Wildman–Crippen MR) is 109 cm³/mol. The number of nitrogens with zero attached hydrogens (tertiary/aromatic N) is 2. The Bertz CT molecular complexity index is 559. The molecule has 4 heteroatoms. The average Bonchev–Trinajstić information content (AvgIpc) is 3.03. The van der Waals surface area contributed by atoms with Crippen molar-refractivity contribution in [3.63, 3.8) is 0 Å². The summed E-state index contributed by atoms with van der Waals surface area (Å²) in [6.07, 6.45) is 14.0. The molecule has 1 heterocycles. The first-order valence-electron chi connectivity index (χ1n) is 11.1. The smallest absolute Gasteiger partial charge is 0.208 e. The summed E-state index contributed by atoms with van der Waals surface area (Å²) in [6.45, 7) is 7.05. The number of hydrogen-bond donors (Lipinski definition) is 1. The fourth-order valence-electron chi connectivity index (χ4n) is 6.32. The third-order valence-electron chi connectivity index (χ3n) is 7.33. The van der Waals surface area contributed by atoms with Crippen molar-refractivity contribution in [1.82, 2.24) is 15.2 Å². The van der Waals surface area contributed by atoms with Crippen LogP contribution in [0.5, 0.6) is 0 Å². The molecule has 5 rings (SSSR count). The molecule has 0 saturated heterocycles. The number of H-pyrrole nitrogens is 1. The van der Waals surface area contributed by atoms with Crippen LogP contribution in [0.1, 0.15) is 90.8 Å². The monoisotopic (exact) mass is 375 g/mol. The van der Waals surface area contributed by atoms with Gasteiger partial charge < -0.3 is 0 Å². The van der Waals surface area contributed by atoms with Crippen LogP contribution in [0.2, 0.25) is 0 Å². The van der Waals surface area contributed by atoms with Crippen molar-refractivity contribution < 1.29 is 0 Å². The fraction of sp³-hybridized carbons (Fsp3) is 0.909. The maximum absolute atomic E-state index is 4.98. The zero-order chi connectivity index (χ0) is 18.1. The molecule has 1 unspecified atom stereocenters. The van der Waals surface area contributed by atoms with Gasteiger partial charge in [-0.2, -0.15) is 0 Å². The Morgan fingerprint density at radius 2 is 1.65 bits per heavy atom. The van der Waals surface area contributed by atoms with Crippen molar-refractivity contribution in [3.8, 4) is 0 Å². The number of rotatable bonds is 9. The first-order valence-corrected chi connectivity index (χ1v) is 12.1. The second-order valence-electron chi connectivity index (χ2n) is 10.2. The molecule has 1 N–H and O–H groups in total. The van der Waals surface area contributed by atoms with Crippen LogP contribution in [0.15, 0.2) is 5.16 Å². The highest BCUT2D eigenvalue weighted by atomic mass is 32.2. The van der Waals surface area contributed by atoms with Gasteiger partial charge in [-0.05, 0) is 74.5 Å². The number of aromatic amines is 1. The molecule has 0 amide bonds. The van der Waals surface area contributed by atoms with Crippen LogP contribution in [0, 0.1) is 29.6 Å². The Labute approximate surface area is 163 Å². The van der Waals surface area contributed by atoms with Crippen LogP contribution < -0.4 is 0 Å². The summed E-state index contributed by atoms with van der Waals surface area (Å²) < 4.78 is 0. The SMILES string of the molecule is CC(C)CCCC(C)CCSc1n[nH]c(C23CC4CC(CC(C4)C2)C3)n1. The zero-order valence-electron chi connectivity index (χ0n) is 17.0. The summed E-state index contributed by atoms with van der Waals surface area (Å²) >= 11 is 1.86. The Balaban J connectivity index is 1.26. The molecule has 4 bridgehead atoms. The molecule has 0 aromatic carbocycles. The third-order valence-corrected chi connectivity index (χ3v) is 8.21. The Kier molecular flexibility index (Phi) is 5.69. The summed E-state index contributed by atoms with van der Waals surface area (Å²) in [5, 5.41) is 8.94. The van der Waals surface area contributed by atoms with Crippen LogP contribution in [-0.4, -0.2) is 20.9 Å². The summed E-state index contributed by atoms with van der Waals surface area (Å²) in [5.41, 5.74) is 0.352. The minimum Gasteiger partial charge on any atom is -0.262 e. The number of hydrogen-bond acceptors (Lipinski definition) is 3. The van der Waals surface area contributed by atoms with E-state index in [1.807, 2.05) is 11.8 Å². The zero-order valence-corrected chi connectivity index (χ0v) is 17.8. The van der Waals surface area contributed by atoms with E-state index in [1.165, 1.54) is 70.0 Å². The van der Waals surface area contributed by atoms with Crippen molar-refractivity contribution >= 4 is 11.8 Å². The van der Waals surface area contributed by atoms with Crippen LogP contribution >= 0.6 is 11.8 Å². The maximum Gasteiger partial charge on any atom is 0.208 e. The lowest BCUT2D eigenvalue weighted by molar-refractivity contribution is -0.00931. The van der Waals surface area contributed by atoms with Gasteiger partial charge in [-0.25, -0.2) is 4.98 Å². The summed E-state index contributed by atoms with van der Waals surface area (Å²) in [5.74, 6) is 6.94. The van der Waals surface area contributed by atoms with E-state index in [1.54, 1.807) is 0 Å². The second-order valence-corrected chi connectivity index (χ2v) is 11.3. The standard InChI is InChI=1S/C22H37N3S/c1-15(2)5-4-6-16(3)7-8-26-21-23-20(24-25-21)22-12-17-9-18(13-22)11-19(10-17)14-22/h15-19H,4-14H2,1-3H3,(H,23,24,25). The van der Waals surface area contributed by atoms with E-state index in [0.717, 1.165) is 40.5 Å². The Morgan fingerprint density at radius 1 is 1.00 bits per heavy atom. The molecule has 4 fully saturated rings. The van der Waals surface area contributed by atoms with Crippen LogP contribution in [0.4, 0.5) is 0 Å². The predicted octanol–water partition coefficient (Wildman–Crippen LogP) is 6.22. The van der Waals surface area contributed by atoms with Crippen molar-refractivity contribution in [3.05, 3.63) is 5.82 Å². The van der Waals surface area contributed by atoms with Gasteiger partial charge in [-0.1, -0.05) is 51.8 Å². The van der Waals surface area contributed by atoms with E-state index in [4.69, 9.17) is 4.98 Å². The number of nitrogens with one attached hydrogen (secondary N) is 1. The van der Waals surface area contributed by atoms with Crippen molar-refractivity contribution in [2.45, 2.75) is 95.6 Å². The molecule has 1 atom stereocenters. The van der Waals surface area contributed by atoms with Gasteiger partial charge in [0, 0.05) is 11.2 Å². The molecule has 146 valence electrons. The average molecular weight is 376 g/mol. The second kappa shape index (κ2) is 7.85. The van der Waals surface area contributed by atoms with E-state index in [9.17, 15) is 0 Å². The lowest BCUT2D eigenvalue weighted by Crippen LogP contribution is -2.49. The van der Waals surface area contributed by atoms with E-state index in [0.29, 0.717) is 5.41 Å². The van der Waals surface area contributed by atoms with Gasteiger partial charge >= 0.3 is 0 Å². The van der Waals surface area contributed by atoms with Gasteiger partial charge in [-0.15, -0.1) is 5.10 Å². The van der Waals surface area contributed by atoms with E-state index in [2.05, 4.69) is 31.0 Å². The Hall–Kier alpha value is -0.510. The molecule has 0 spiro atoms. The topological polar surface area (TPSA) is 41.6 Å². The Morgan fingerprint density at radius 3 is 2.27 bits per heavy atom. The van der Waals surface area contributed by atoms with E-state index in [-0.39, 0.29) is 0 Å². The summed E-state index contributed by atoms with van der Waals surface area (Å²) in [7, 11) is 0. The summed E-state index contributed by atoms with van der Waals surface area (Å²) in [4.78, 5) is 4.98. The molecule has 4 aliphatic rings. The quantitative estimate of drug-likeness (QED) is 0.521. The van der Waals surface area contributed by atoms with Gasteiger partial charge in [0.15, 0.2) is 0 Å². The third kappa shape index (κ3) is 4.15. The molecule has 3 nitrogen and oxygen atoms in total. The van der Waals surface area contributed by atoms with Crippen LogP contribution in [-0.2, 0) is 5.41 Å². The number of aromatic nitrogens is 3.